The number of hydrogen-bond acceptors (Lipinski definition) is 9. The Hall–Kier alpha value is -5.25. The molecule has 4 atom stereocenters. The molecule has 8 rings (SSSR count). The number of carbonyl (C=O) groups excluding carboxylic acids is 5. The van der Waals surface area contributed by atoms with Crippen molar-refractivity contribution in [1.82, 2.24) is 20.0 Å². The molecule has 1 unspecified atom stereocenters. The van der Waals surface area contributed by atoms with Gasteiger partial charge in [-0.3, -0.25) is 34.2 Å². The molecule has 5 amide bonds. The van der Waals surface area contributed by atoms with Crippen molar-refractivity contribution in [2.24, 2.45) is 17.8 Å². The SMILES string of the molecule is C[C@@H]1C[C@H](Oc2ccc(C#N)c(Cl)c2)C[C@@H]1CN(C)C(=O)c1ccc(C2CCN(CC3CCN(c4ccc5c(c4)C(=O)N(C4CCC(=O)NC4=O)C5=O)CC3)CC2)cc1. The van der Waals surface area contributed by atoms with Gasteiger partial charge in [-0.05, 0) is 130 Å². The maximum Gasteiger partial charge on any atom is 0.262 e. The maximum absolute atomic E-state index is 13.5. The van der Waals surface area contributed by atoms with Gasteiger partial charge in [-0.2, -0.15) is 5.26 Å². The number of anilines is 1. The monoisotopic (exact) mass is 818 g/mol. The molecule has 1 saturated carbocycles. The predicted octanol–water partition coefficient (Wildman–Crippen LogP) is 6.27. The summed E-state index contributed by atoms with van der Waals surface area (Å²) >= 11 is 6.21. The minimum absolute atomic E-state index is 0.0315. The Morgan fingerprint density at radius 2 is 1.63 bits per heavy atom. The summed E-state index contributed by atoms with van der Waals surface area (Å²) in [7, 11) is 1.88. The van der Waals surface area contributed by atoms with Gasteiger partial charge in [0.15, 0.2) is 0 Å². The van der Waals surface area contributed by atoms with Gasteiger partial charge in [-0.15, -0.1) is 0 Å². The minimum Gasteiger partial charge on any atom is -0.490 e. The third-order valence-electron chi connectivity index (χ3n) is 13.4. The number of amides is 5. The number of nitriles is 1. The van der Waals surface area contributed by atoms with Crippen molar-refractivity contribution in [2.45, 2.75) is 76.4 Å². The molecule has 1 aliphatic carbocycles. The Morgan fingerprint density at radius 1 is 0.898 bits per heavy atom. The number of likely N-dealkylation sites (tertiary alicyclic amines) is 1. The van der Waals surface area contributed by atoms with Crippen LogP contribution in [0.25, 0.3) is 0 Å². The summed E-state index contributed by atoms with van der Waals surface area (Å²) in [6.07, 6.45) is 6.28. The number of carbonyl (C=O) groups is 5. The summed E-state index contributed by atoms with van der Waals surface area (Å²) in [6.45, 7) is 7.76. The highest BCUT2D eigenvalue weighted by Crippen LogP contribution is 2.37. The molecule has 0 radical (unpaired) electrons. The number of nitrogens with one attached hydrogen (secondary N) is 1. The molecule has 0 spiro atoms. The van der Waals surface area contributed by atoms with Gasteiger partial charge in [0, 0.05) is 57.0 Å². The molecule has 12 nitrogen and oxygen atoms in total. The topological polar surface area (TPSA) is 143 Å². The van der Waals surface area contributed by atoms with Crippen molar-refractivity contribution in [1.29, 1.82) is 5.26 Å². The molecule has 4 aliphatic heterocycles. The van der Waals surface area contributed by atoms with Crippen LogP contribution >= 0.6 is 11.6 Å². The number of hydrogen-bond donors (Lipinski definition) is 1. The predicted molar refractivity (Wildman–Crippen MR) is 222 cm³/mol. The van der Waals surface area contributed by atoms with Crippen LogP contribution in [0.3, 0.4) is 0 Å². The van der Waals surface area contributed by atoms with Gasteiger partial charge in [-0.1, -0.05) is 30.7 Å². The highest BCUT2D eigenvalue weighted by molar-refractivity contribution is 6.31. The van der Waals surface area contributed by atoms with E-state index in [1.807, 2.05) is 30.1 Å². The molecule has 3 aromatic rings. The average molecular weight is 819 g/mol. The molecule has 1 N–H and O–H groups in total. The van der Waals surface area contributed by atoms with Crippen molar-refractivity contribution in [3.05, 3.63) is 93.5 Å². The fourth-order valence-electron chi connectivity index (χ4n) is 9.87. The molecule has 0 bridgehead atoms. The number of rotatable bonds is 10. The number of nitrogens with zero attached hydrogens (tertiary/aromatic N) is 5. The molecule has 59 heavy (non-hydrogen) atoms. The first-order chi connectivity index (χ1) is 28.4. The summed E-state index contributed by atoms with van der Waals surface area (Å²) in [5, 5.41) is 11.8. The van der Waals surface area contributed by atoms with Crippen LogP contribution < -0.4 is 15.0 Å². The lowest BCUT2D eigenvalue weighted by Crippen LogP contribution is -2.54. The summed E-state index contributed by atoms with van der Waals surface area (Å²) in [4.78, 5) is 71.7. The van der Waals surface area contributed by atoms with Gasteiger partial charge < -0.3 is 19.4 Å². The number of fused-ring (bicyclic) bond motifs is 1. The van der Waals surface area contributed by atoms with Gasteiger partial charge in [0.1, 0.15) is 17.9 Å². The average Bonchev–Trinajstić information content (AvgIpc) is 3.70. The third-order valence-corrected chi connectivity index (χ3v) is 13.7. The Labute approximate surface area is 350 Å². The van der Waals surface area contributed by atoms with Crippen LogP contribution in [0.2, 0.25) is 5.02 Å². The Kier molecular flexibility index (Phi) is 11.8. The Morgan fingerprint density at radius 3 is 2.32 bits per heavy atom. The van der Waals surface area contributed by atoms with Crippen LogP contribution in [-0.2, 0) is 9.59 Å². The summed E-state index contributed by atoms with van der Waals surface area (Å²) in [5.74, 6) is 0.534. The van der Waals surface area contributed by atoms with Gasteiger partial charge in [-0.25, -0.2) is 0 Å². The van der Waals surface area contributed by atoms with Crippen LogP contribution in [0, 0.1) is 29.1 Å². The van der Waals surface area contributed by atoms with Gasteiger partial charge in [0.2, 0.25) is 11.8 Å². The zero-order chi connectivity index (χ0) is 41.4. The van der Waals surface area contributed by atoms with E-state index in [0.29, 0.717) is 63.2 Å². The number of ether oxygens (including phenoxy) is 1. The second kappa shape index (κ2) is 17.2. The van der Waals surface area contributed by atoms with E-state index in [1.165, 1.54) is 5.56 Å². The molecule has 3 saturated heterocycles. The summed E-state index contributed by atoms with van der Waals surface area (Å²) in [6, 6.07) is 19.9. The lowest BCUT2D eigenvalue weighted by Gasteiger charge is -2.38. The number of halogens is 1. The van der Waals surface area contributed by atoms with Crippen molar-refractivity contribution < 1.29 is 28.7 Å². The molecular formula is C46H51ClN6O6. The van der Waals surface area contributed by atoms with E-state index in [1.54, 1.807) is 30.3 Å². The second-order valence-electron chi connectivity index (χ2n) is 17.2. The maximum atomic E-state index is 13.5. The van der Waals surface area contributed by atoms with Crippen LogP contribution in [-0.4, -0.2) is 103 Å². The van der Waals surface area contributed by atoms with Crippen molar-refractivity contribution in [2.75, 3.05) is 51.2 Å². The van der Waals surface area contributed by atoms with Crippen molar-refractivity contribution >= 4 is 46.8 Å². The van der Waals surface area contributed by atoms with Crippen molar-refractivity contribution in [3.63, 3.8) is 0 Å². The molecule has 308 valence electrons. The molecule has 5 aliphatic rings. The minimum atomic E-state index is -0.967. The van der Waals surface area contributed by atoms with E-state index in [0.717, 1.165) is 81.8 Å². The number of imide groups is 2. The number of piperidine rings is 3. The molecule has 4 heterocycles. The Bertz CT molecular complexity index is 2170. The normalized spacial score (nSPS) is 24.2. The second-order valence-corrected chi connectivity index (χ2v) is 17.6. The lowest BCUT2D eigenvalue weighted by molar-refractivity contribution is -0.136. The highest BCUT2D eigenvalue weighted by Gasteiger charge is 2.45. The zero-order valence-corrected chi connectivity index (χ0v) is 34.5. The summed E-state index contributed by atoms with van der Waals surface area (Å²) < 4.78 is 6.22. The van der Waals surface area contributed by atoms with E-state index in [4.69, 9.17) is 21.6 Å². The van der Waals surface area contributed by atoms with E-state index in [9.17, 15) is 24.0 Å². The van der Waals surface area contributed by atoms with Crippen molar-refractivity contribution in [3.8, 4) is 11.8 Å². The fourth-order valence-corrected chi connectivity index (χ4v) is 10.1. The first-order valence-corrected chi connectivity index (χ1v) is 21.4. The largest absolute Gasteiger partial charge is 0.490 e. The van der Waals surface area contributed by atoms with E-state index in [-0.39, 0.29) is 30.8 Å². The van der Waals surface area contributed by atoms with Gasteiger partial charge in [0.25, 0.3) is 17.7 Å². The number of benzene rings is 3. The van der Waals surface area contributed by atoms with Crippen LogP contribution in [0.4, 0.5) is 5.69 Å². The molecule has 0 aromatic heterocycles. The quantitative estimate of drug-likeness (QED) is 0.234. The lowest BCUT2D eigenvalue weighted by atomic mass is 9.88. The molecular weight excluding hydrogens is 768 g/mol. The van der Waals surface area contributed by atoms with E-state index >= 15 is 0 Å². The standard InChI is InChI=1S/C46H51ClN6O6/c1-28-21-37(59-36-9-7-33(25-48)40(47)24-36)22-34(28)27-50(2)44(56)32-5-3-30(4-6-32)31-15-17-51(18-16-31)26-29-13-19-52(20-14-29)35-8-10-38-39(23-35)46(58)53(45(38)57)41-11-12-42(54)49-43(41)55/h3-10,23-24,28-29,31,34,37,41H,11-22,26-27H2,1-2H3,(H,49,54,55)/t28-,34-,37+,41?/m1/s1. The first-order valence-electron chi connectivity index (χ1n) is 21.0. The molecule has 3 aromatic carbocycles. The Balaban J connectivity index is 0.768. The van der Waals surface area contributed by atoms with Crippen LogP contribution in [0.5, 0.6) is 5.75 Å². The third kappa shape index (κ3) is 8.59. The van der Waals surface area contributed by atoms with E-state index in [2.05, 4.69) is 40.2 Å². The van der Waals surface area contributed by atoms with Crippen LogP contribution in [0.15, 0.2) is 60.7 Å². The van der Waals surface area contributed by atoms with E-state index < -0.39 is 23.8 Å². The van der Waals surface area contributed by atoms with Crippen LogP contribution in [0.1, 0.15) is 106 Å². The molecule has 4 fully saturated rings. The first kappa shape index (κ1) is 40.5. The molecule has 13 heteroatoms. The van der Waals surface area contributed by atoms with Gasteiger partial charge >= 0.3 is 0 Å². The van der Waals surface area contributed by atoms with Gasteiger partial charge in [0.05, 0.1) is 27.8 Å². The smallest absolute Gasteiger partial charge is 0.262 e. The fraction of sp³-hybridized carbons (Fsp3) is 0.478. The highest BCUT2D eigenvalue weighted by atomic mass is 35.5. The summed E-state index contributed by atoms with van der Waals surface area (Å²) in [5.41, 5.74) is 3.96. The zero-order valence-electron chi connectivity index (χ0n) is 33.7.